The van der Waals surface area contributed by atoms with Crippen molar-refractivity contribution in [2.75, 3.05) is 0 Å². The maximum absolute atomic E-state index is 12.1. The number of ketones is 1. The van der Waals surface area contributed by atoms with E-state index < -0.39 is 4.92 Å². The predicted molar refractivity (Wildman–Crippen MR) is 68.7 cm³/mol. The van der Waals surface area contributed by atoms with E-state index in [1.54, 1.807) is 18.3 Å². The van der Waals surface area contributed by atoms with E-state index >= 15 is 0 Å². The summed E-state index contributed by atoms with van der Waals surface area (Å²) in [5, 5.41) is 11.5. The van der Waals surface area contributed by atoms with E-state index in [1.165, 1.54) is 6.07 Å². The van der Waals surface area contributed by atoms with E-state index in [1.807, 2.05) is 13.8 Å². The summed E-state index contributed by atoms with van der Waals surface area (Å²) in [4.78, 5) is 25.4. The minimum Gasteiger partial charge on any atom is -0.355 e. The van der Waals surface area contributed by atoms with Crippen LogP contribution in [0.25, 0.3) is 10.9 Å². The fourth-order valence-electron chi connectivity index (χ4n) is 1.95. The van der Waals surface area contributed by atoms with Gasteiger partial charge in [-0.1, -0.05) is 26.0 Å². The van der Waals surface area contributed by atoms with Gasteiger partial charge in [0.2, 0.25) is 0 Å². The summed E-state index contributed by atoms with van der Waals surface area (Å²) in [5.41, 5.74) is 0.938. The number of nitro benzene ring substituents is 1. The molecule has 0 saturated heterocycles. The minimum atomic E-state index is -0.448. The lowest BCUT2D eigenvalue weighted by atomic mass is 9.97. The lowest BCUT2D eigenvalue weighted by molar-refractivity contribution is -0.383. The largest absolute Gasteiger partial charge is 0.355 e. The number of hydrogen-bond donors (Lipinski definition) is 1. The maximum atomic E-state index is 12.1. The molecule has 0 aliphatic heterocycles. The second-order valence-electron chi connectivity index (χ2n) is 4.33. The zero-order chi connectivity index (χ0) is 13.3. The quantitative estimate of drug-likeness (QED) is 0.510. The molecule has 0 fully saturated rings. The Balaban J connectivity index is 2.59. The second-order valence-corrected chi connectivity index (χ2v) is 4.33. The average molecular weight is 246 g/mol. The molecular weight excluding hydrogens is 232 g/mol. The highest BCUT2D eigenvalue weighted by Gasteiger charge is 2.21. The van der Waals surface area contributed by atoms with E-state index in [-0.39, 0.29) is 17.4 Å². The van der Waals surface area contributed by atoms with Crippen molar-refractivity contribution in [3.8, 4) is 0 Å². The van der Waals surface area contributed by atoms with Crippen LogP contribution >= 0.6 is 0 Å². The summed E-state index contributed by atoms with van der Waals surface area (Å²) in [7, 11) is 0. The lowest BCUT2D eigenvalue weighted by Crippen LogP contribution is -2.09. The number of aromatic amines is 1. The van der Waals surface area contributed by atoms with Gasteiger partial charge in [0.15, 0.2) is 5.78 Å². The fourth-order valence-corrected chi connectivity index (χ4v) is 1.95. The molecule has 0 bridgehead atoms. The highest BCUT2D eigenvalue weighted by atomic mass is 16.6. The Hall–Kier alpha value is -2.17. The van der Waals surface area contributed by atoms with Crippen LogP contribution in [0.3, 0.4) is 0 Å². The Bertz CT molecular complexity index is 616. The van der Waals surface area contributed by atoms with Gasteiger partial charge < -0.3 is 4.98 Å². The van der Waals surface area contributed by atoms with E-state index in [0.29, 0.717) is 16.5 Å². The van der Waals surface area contributed by atoms with Crippen molar-refractivity contribution in [3.05, 3.63) is 40.1 Å². The molecule has 0 amide bonds. The molecule has 1 aromatic carbocycles. The van der Waals surface area contributed by atoms with Gasteiger partial charge in [0.1, 0.15) is 5.52 Å². The van der Waals surface area contributed by atoms with Crippen molar-refractivity contribution in [2.24, 2.45) is 5.92 Å². The molecule has 1 atom stereocenters. The first-order chi connectivity index (χ1) is 8.56. The van der Waals surface area contributed by atoms with Gasteiger partial charge in [0.25, 0.3) is 5.69 Å². The van der Waals surface area contributed by atoms with Gasteiger partial charge >= 0.3 is 0 Å². The number of aromatic nitrogens is 1. The molecule has 2 rings (SSSR count). The van der Waals surface area contributed by atoms with Crippen molar-refractivity contribution in [1.29, 1.82) is 0 Å². The summed E-state index contributed by atoms with van der Waals surface area (Å²) in [6.07, 6.45) is 2.31. The molecular formula is C13H14N2O3. The molecule has 0 spiro atoms. The van der Waals surface area contributed by atoms with Crippen LogP contribution in [0.1, 0.15) is 30.6 Å². The van der Waals surface area contributed by atoms with Crippen molar-refractivity contribution < 1.29 is 9.72 Å². The maximum Gasteiger partial charge on any atom is 0.293 e. The Morgan fingerprint density at radius 3 is 2.83 bits per heavy atom. The van der Waals surface area contributed by atoms with Gasteiger partial charge in [-0.05, 0) is 6.42 Å². The number of non-ortho nitro benzene ring substituents is 1. The first-order valence-corrected chi connectivity index (χ1v) is 5.85. The van der Waals surface area contributed by atoms with E-state index in [0.717, 1.165) is 6.42 Å². The van der Waals surface area contributed by atoms with Crippen LogP contribution in [0, 0.1) is 16.0 Å². The molecule has 1 aromatic heterocycles. The van der Waals surface area contributed by atoms with Gasteiger partial charge in [0.05, 0.1) is 4.92 Å². The van der Waals surface area contributed by atoms with Crippen LogP contribution in [-0.4, -0.2) is 15.7 Å². The highest BCUT2D eigenvalue weighted by molar-refractivity contribution is 6.10. The highest BCUT2D eigenvalue weighted by Crippen LogP contribution is 2.28. The number of nitro groups is 1. The molecule has 0 aliphatic rings. The predicted octanol–water partition coefficient (Wildman–Crippen LogP) is 3.30. The molecule has 2 aromatic rings. The van der Waals surface area contributed by atoms with Crippen molar-refractivity contribution in [1.82, 2.24) is 4.98 Å². The molecule has 5 nitrogen and oxygen atoms in total. The number of fused-ring (bicyclic) bond motifs is 1. The van der Waals surface area contributed by atoms with Gasteiger partial charge in [0, 0.05) is 29.1 Å². The van der Waals surface area contributed by atoms with E-state index in [4.69, 9.17) is 0 Å². The normalized spacial score (nSPS) is 12.6. The molecule has 0 radical (unpaired) electrons. The van der Waals surface area contributed by atoms with Crippen molar-refractivity contribution in [2.45, 2.75) is 20.3 Å². The Morgan fingerprint density at radius 2 is 2.22 bits per heavy atom. The van der Waals surface area contributed by atoms with E-state index in [2.05, 4.69) is 4.98 Å². The van der Waals surface area contributed by atoms with Crippen molar-refractivity contribution in [3.63, 3.8) is 0 Å². The first-order valence-electron chi connectivity index (χ1n) is 5.85. The molecule has 1 N–H and O–H groups in total. The van der Waals surface area contributed by atoms with E-state index in [9.17, 15) is 14.9 Å². The molecule has 0 aliphatic carbocycles. The van der Waals surface area contributed by atoms with Crippen molar-refractivity contribution >= 4 is 22.4 Å². The second kappa shape index (κ2) is 4.60. The lowest BCUT2D eigenvalue weighted by Gasteiger charge is -2.05. The number of nitrogens with zero attached hydrogens (tertiary/aromatic N) is 1. The standard InChI is InChI=1S/C13H14N2O3/c1-3-8(2)13(16)10-7-14-12-9(10)5-4-6-11(12)15(17)18/h4-8,14H,3H2,1-2H3. The van der Waals surface area contributed by atoms with Gasteiger partial charge in [-0.15, -0.1) is 0 Å². The van der Waals surface area contributed by atoms with Crippen LogP contribution in [0.5, 0.6) is 0 Å². The number of hydrogen-bond acceptors (Lipinski definition) is 3. The van der Waals surface area contributed by atoms with Crippen LogP contribution < -0.4 is 0 Å². The number of carbonyl (C=O) groups is 1. The Labute approximate surface area is 104 Å². The van der Waals surface area contributed by atoms with Gasteiger partial charge in [-0.25, -0.2) is 0 Å². The summed E-state index contributed by atoms with van der Waals surface area (Å²) < 4.78 is 0. The number of para-hydroxylation sites is 1. The molecule has 1 unspecified atom stereocenters. The third-order valence-electron chi connectivity index (χ3n) is 3.22. The van der Waals surface area contributed by atoms with Gasteiger partial charge in [-0.2, -0.15) is 0 Å². The number of rotatable bonds is 4. The SMILES string of the molecule is CCC(C)C(=O)c1c[nH]c2c([N+](=O)[O-])cccc12. The minimum absolute atomic E-state index is 0.00398. The van der Waals surface area contributed by atoms with Crippen LogP contribution in [0.4, 0.5) is 5.69 Å². The monoisotopic (exact) mass is 246 g/mol. The summed E-state index contributed by atoms with van der Waals surface area (Å²) in [5.74, 6) is -0.0625. The van der Waals surface area contributed by atoms with Crippen LogP contribution in [0.2, 0.25) is 0 Å². The third-order valence-corrected chi connectivity index (χ3v) is 3.22. The number of H-pyrrole nitrogens is 1. The number of Topliss-reactive ketones (excluding diaryl/α,β-unsaturated/α-hetero) is 1. The summed E-state index contributed by atoms with van der Waals surface area (Å²) >= 11 is 0. The zero-order valence-electron chi connectivity index (χ0n) is 10.3. The van der Waals surface area contributed by atoms with Crippen LogP contribution in [-0.2, 0) is 0 Å². The smallest absolute Gasteiger partial charge is 0.293 e. The number of benzene rings is 1. The third kappa shape index (κ3) is 1.88. The molecule has 1 heterocycles. The zero-order valence-corrected chi connectivity index (χ0v) is 10.3. The summed E-state index contributed by atoms with van der Waals surface area (Å²) in [6.45, 7) is 3.80. The van der Waals surface area contributed by atoms with Crippen LogP contribution in [0.15, 0.2) is 24.4 Å². The fraction of sp³-hybridized carbons (Fsp3) is 0.308. The average Bonchev–Trinajstić information content (AvgIpc) is 2.80. The molecule has 0 saturated carbocycles. The number of carbonyl (C=O) groups excluding carboxylic acids is 1. The topological polar surface area (TPSA) is 76.0 Å². The summed E-state index contributed by atoms with van der Waals surface area (Å²) in [6, 6.07) is 4.76. The first kappa shape index (κ1) is 12.3. The molecule has 5 heteroatoms. The Morgan fingerprint density at radius 1 is 1.50 bits per heavy atom. The molecule has 18 heavy (non-hydrogen) atoms. The Kier molecular flexibility index (Phi) is 3.14. The van der Waals surface area contributed by atoms with Gasteiger partial charge in [-0.3, -0.25) is 14.9 Å². The molecule has 94 valence electrons. The number of nitrogens with one attached hydrogen (secondary N) is 1.